The van der Waals surface area contributed by atoms with Crippen LogP contribution in [0.5, 0.6) is 0 Å². The maximum atomic E-state index is 2.60. The van der Waals surface area contributed by atoms with Crippen molar-refractivity contribution in [2.75, 3.05) is 0 Å². The summed E-state index contributed by atoms with van der Waals surface area (Å²) in [5, 5.41) is 0.808. The largest absolute Gasteiger partial charge is 0.122 e. The van der Waals surface area contributed by atoms with E-state index in [-0.39, 0.29) is 0 Å². The Morgan fingerprint density at radius 3 is 2.50 bits per heavy atom. The third-order valence-electron chi connectivity index (χ3n) is 6.32. The molecule has 0 aromatic heterocycles. The molecule has 1 heteroatoms. The highest BCUT2D eigenvalue weighted by molar-refractivity contribution is 8.00. The predicted molar refractivity (Wildman–Crippen MR) is 89.4 cm³/mol. The van der Waals surface area contributed by atoms with Crippen LogP contribution in [0.1, 0.15) is 64.4 Å². The summed E-state index contributed by atoms with van der Waals surface area (Å²) in [6, 6.07) is 8.93. The molecule has 2 aliphatic rings. The first-order chi connectivity index (χ1) is 9.55. The molecule has 2 aliphatic carbocycles. The summed E-state index contributed by atoms with van der Waals surface area (Å²) in [6.07, 6.45) is 10.1. The predicted octanol–water partition coefficient (Wildman–Crippen LogP) is 6.23. The molecule has 0 heterocycles. The van der Waals surface area contributed by atoms with E-state index < -0.39 is 0 Å². The van der Waals surface area contributed by atoms with Crippen molar-refractivity contribution >= 4 is 11.8 Å². The Labute approximate surface area is 128 Å². The van der Waals surface area contributed by atoms with Crippen molar-refractivity contribution < 1.29 is 0 Å². The number of hydrogen-bond acceptors (Lipinski definition) is 1. The molecule has 0 bridgehead atoms. The van der Waals surface area contributed by atoms with E-state index in [1.807, 2.05) is 0 Å². The molecule has 0 aliphatic heterocycles. The van der Waals surface area contributed by atoms with Crippen molar-refractivity contribution in [3.05, 3.63) is 29.8 Å². The van der Waals surface area contributed by atoms with Crippen LogP contribution in [0.3, 0.4) is 0 Å². The molecule has 2 fully saturated rings. The SMILES string of the molecule is Cc1ccccc1SC1CCC[C@@]2(C)CCCC[C@@]12C. The van der Waals surface area contributed by atoms with Crippen molar-refractivity contribution in [3.8, 4) is 0 Å². The minimum atomic E-state index is 0.538. The number of fused-ring (bicyclic) bond motifs is 1. The number of thioether (sulfide) groups is 1. The Morgan fingerprint density at radius 2 is 1.70 bits per heavy atom. The summed E-state index contributed by atoms with van der Waals surface area (Å²) >= 11 is 2.17. The fourth-order valence-electron chi connectivity index (χ4n) is 4.58. The van der Waals surface area contributed by atoms with Crippen LogP contribution < -0.4 is 0 Å². The summed E-state index contributed by atoms with van der Waals surface area (Å²) < 4.78 is 0. The number of aryl methyl sites for hydroxylation is 1. The van der Waals surface area contributed by atoms with E-state index >= 15 is 0 Å². The highest BCUT2D eigenvalue weighted by Crippen LogP contribution is 2.62. The zero-order valence-electron chi connectivity index (χ0n) is 13.2. The Hall–Kier alpha value is -0.430. The molecule has 0 amide bonds. The van der Waals surface area contributed by atoms with Gasteiger partial charge >= 0.3 is 0 Å². The molecule has 0 spiro atoms. The van der Waals surface area contributed by atoms with Crippen molar-refractivity contribution in [2.24, 2.45) is 10.8 Å². The number of rotatable bonds is 2. The number of hydrogen-bond donors (Lipinski definition) is 0. The van der Waals surface area contributed by atoms with Crippen LogP contribution in [0.4, 0.5) is 0 Å². The van der Waals surface area contributed by atoms with E-state index in [2.05, 4.69) is 56.8 Å². The first-order valence-electron chi connectivity index (χ1n) is 8.27. The second-order valence-corrected chi connectivity index (χ2v) is 8.69. The lowest BCUT2D eigenvalue weighted by atomic mass is 9.51. The molecule has 3 rings (SSSR count). The van der Waals surface area contributed by atoms with Gasteiger partial charge in [-0.3, -0.25) is 0 Å². The van der Waals surface area contributed by atoms with Gasteiger partial charge in [-0.1, -0.05) is 51.3 Å². The molecular weight excluding hydrogens is 260 g/mol. The van der Waals surface area contributed by atoms with Gasteiger partial charge in [0.25, 0.3) is 0 Å². The summed E-state index contributed by atoms with van der Waals surface area (Å²) in [5.41, 5.74) is 2.57. The molecule has 1 aromatic carbocycles. The van der Waals surface area contributed by atoms with Crippen LogP contribution in [0.15, 0.2) is 29.2 Å². The van der Waals surface area contributed by atoms with Crippen molar-refractivity contribution in [2.45, 2.75) is 75.9 Å². The molecule has 1 aromatic rings. The van der Waals surface area contributed by atoms with Gasteiger partial charge in [0.2, 0.25) is 0 Å². The maximum absolute atomic E-state index is 2.60. The van der Waals surface area contributed by atoms with Gasteiger partial charge in [0, 0.05) is 10.1 Å². The normalized spacial score (nSPS) is 37.5. The average Bonchev–Trinajstić information content (AvgIpc) is 2.43. The summed E-state index contributed by atoms with van der Waals surface area (Å²) in [7, 11) is 0. The standard InChI is InChI=1S/C19H28S/c1-15-9-4-5-10-16(15)20-17-11-8-13-18(2)12-6-7-14-19(17,18)3/h4-5,9-10,17H,6-8,11-14H2,1-3H3/t17?,18-,19+/m1/s1. The topological polar surface area (TPSA) is 0 Å². The highest BCUT2D eigenvalue weighted by atomic mass is 32.2. The zero-order chi connectivity index (χ0) is 14.2. The Balaban J connectivity index is 1.87. The molecule has 3 atom stereocenters. The van der Waals surface area contributed by atoms with Gasteiger partial charge in [0.15, 0.2) is 0 Å². The molecule has 0 N–H and O–H groups in total. The van der Waals surface area contributed by atoms with E-state index in [1.54, 1.807) is 0 Å². The van der Waals surface area contributed by atoms with Gasteiger partial charge in [-0.2, -0.15) is 0 Å². The van der Waals surface area contributed by atoms with Crippen LogP contribution in [0.25, 0.3) is 0 Å². The third kappa shape index (κ3) is 2.32. The van der Waals surface area contributed by atoms with E-state index in [0.717, 1.165) is 5.25 Å². The van der Waals surface area contributed by atoms with Crippen LogP contribution >= 0.6 is 11.8 Å². The summed E-state index contributed by atoms with van der Waals surface area (Å²) in [4.78, 5) is 1.51. The van der Waals surface area contributed by atoms with Gasteiger partial charge in [0.05, 0.1) is 0 Å². The fourth-order valence-corrected chi connectivity index (χ4v) is 6.25. The minimum Gasteiger partial charge on any atom is -0.122 e. The zero-order valence-corrected chi connectivity index (χ0v) is 14.1. The molecular formula is C19H28S. The molecule has 2 saturated carbocycles. The second kappa shape index (κ2) is 5.40. The van der Waals surface area contributed by atoms with Crippen LogP contribution in [0, 0.1) is 17.8 Å². The lowest BCUT2D eigenvalue weighted by molar-refractivity contribution is -0.0199. The Bertz CT molecular complexity index is 476. The van der Waals surface area contributed by atoms with Crippen molar-refractivity contribution in [3.63, 3.8) is 0 Å². The van der Waals surface area contributed by atoms with Crippen LogP contribution in [-0.2, 0) is 0 Å². The number of benzene rings is 1. The van der Waals surface area contributed by atoms with Crippen molar-refractivity contribution in [1.29, 1.82) is 0 Å². The highest BCUT2D eigenvalue weighted by Gasteiger charge is 2.52. The lowest BCUT2D eigenvalue weighted by Crippen LogP contribution is -2.50. The minimum absolute atomic E-state index is 0.538. The van der Waals surface area contributed by atoms with Crippen LogP contribution in [0.2, 0.25) is 0 Å². The quantitative estimate of drug-likeness (QED) is 0.622. The monoisotopic (exact) mass is 288 g/mol. The summed E-state index contributed by atoms with van der Waals surface area (Å²) in [5.74, 6) is 0. The second-order valence-electron chi connectivity index (χ2n) is 7.45. The fraction of sp³-hybridized carbons (Fsp3) is 0.684. The van der Waals surface area contributed by atoms with Gasteiger partial charge < -0.3 is 0 Å². The van der Waals surface area contributed by atoms with E-state index in [9.17, 15) is 0 Å². The molecule has 0 radical (unpaired) electrons. The lowest BCUT2D eigenvalue weighted by Gasteiger charge is -2.57. The average molecular weight is 288 g/mol. The van der Waals surface area contributed by atoms with Crippen LogP contribution in [-0.4, -0.2) is 5.25 Å². The van der Waals surface area contributed by atoms with E-state index in [0.29, 0.717) is 10.8 Å². The van der Waals surface area contributed by atoms with E-state index in [4.69, 9.17) is 0 Å². The summed E-state index contributed by atoms with van der Waals surface area (Å²) in [6.45, 7) is 7.44. The molecule has 1 unspecified atom stereocenters. The van der Waals surface area contributed by atoms with E-state index in [1.165, 1.54) is 55.4 Å². The molecule has 0 nitrogen and oxygen atoms in total. The van der Waals surface area contributed by atoms with Gasteiger partial charge in [-0.25, -0.2) is 0 Å². The first-order valence-corrected chi connectivity index (χ1v) is 9.15. The Morgan fingerprint density at radius 1 is 1.00 bits per heavy atom. The van der Waals surface area contributed by atoms with Gasteiger partial charge in [-0.05, 0) is 55.1 Å². The maximum Gasteiger partial charge on any atom is 0.0153 e. The first kappa shape index (κ1) is 14.5. The van der Waals surface area contributed by atoms with Gasteiger partial charge in [0.1, 0.15) is 0 Å². The smallest absolute Gasteiger partial charge is 0.0153 e. The van der Waals surface area contributed by atoms with Crippen molar-refractivity contribution in [1.82, 2.24) is 0 Å². The molecule has 110 valence electrons. The molecule has 20 heavy (non-hydrogen) atoms. The molecule has 0 saturated heterocycles. The third-order valence-corrected chi connectivity index (χ3v) is 8.07. The van der Waals surface area contributed by atoms with Gasteiger partial charge in [-0.15, -0.1) is 11.8 Å². The Kier molecular flexibility index (Phi) is 3.92.